The highest BCUT2D eigenvalue weighted by Crippen LogP contribution is 2.31. The molecule has 4 aromatic rings. The average Bonchev–Trinajstić information content (AvgIpc) is 3.49. The van der Waals surface area contributed by atoms with Crippen molar-refractivity contribution in [3.8, 4) is 11.3 Å². The summed E-state index contributed by atoms with van der Waals surface area (Å²) in [5, 5.41) is 3.43. The van der Waals surface area contributed by atoms with Gasteiger partial charge >= 0.3 is 0 Å². The minimum atomic E-state index is 0.715. The molecule has 5 heterocycles. The normalized spacial score (nSPS) is 15.4. The third-order valence-electron chi connectivity index (χ3n) is 5.98. The number of aliphatic imine (C=N–C) groups is 1. The molecular weight excluding hydrogens is 386 g/mol. The fourth-order valence-corrected chi connectivity index (χ4v) is 4.34. The molecule has 3 aromatic heterocycles. The van der Waals surface area contributed by atoms with E-state index in [0.29, 0.717) is 5.82 Å². The van der Waals surface area contributed by atoms with E-state index in [1.165, 1.54) is 24.8 Å². The van der Waals surface area contributed by atoms with Gasteiger partial charge in [0.15, 0.2) is 11.5 Å². The molecule has 0 amide bonds. The van der Waals surface area contributed by atoms with Crippen LogP contribution in [-0.4, -0.2) is 38.7 Å². The Morgan fingerprint density at radius 1 is 0.968 bits per heavy atom. The number of fused-ring (bicyclic) bond motifs is 2. The van der Waals surface area contributed by atoms with Gasteiger partial charge in [-0.2, -0.15) is 0 Å². The standard InChI is InChI=1S/C24H23N7/c1-2-11-30(12-3-1)22-7-5-19(15-27-22)28-23-24-26-10-13-31(24)16-21(29-23)17-4-6-20-18(14-17)8-9-25-20/h4-7,9-10,13-16H,1-3,8,11-12H2,(H,28,29). The van der Waals surface area contributed by atoms with E-state index < -0.39 is 0 Å². The Kier molecular flexibility index (Phi) is 4.37. The lowest BCUT2D eigenvalue weighted by Gasteiger charge is -2.27. The highest BCUT2D eigenvalue weighted by molar-refractivity contribution is 5.79. The van der Waals surface area contributed by atoms with Gasteiger partial charge in [0.05, 0.1) is 23.3 Å². The van der Waals surface area contributed by atoms with Gasteiger partial charge < -0.3 is 14.6 Å². The van der Waals surface area contributed by atoms with Crippen LogP contribution in [0.25, 0.3) is 16.9 Å². The number of aromatic nitrogens is 4. The van der Waals surface area contributed by atoms with Crippen molar-refractivity contribution in [2.24, 2.45) is 4.99 Å². The van der Waals surface area contributed by atoms with E-state index in [1.54, 1.807) is 6.20 Å². The van der Waals surface area contributed by atoms with Gasteiger partial charge in [-0.1, -0.05) is 6.07 Å². The number of benzene rings is 1. The zero-order valence-corrected chi connectivity index (χ0v) is 17.2. The first-order chi connectivity index (χ1) is 15.3. The maximum absolute atomic E-state index is 4.90. The van der Waals surface area contributed by atoms with Crippen molar-refractivity contribution >= 4 is 34.9 Å². The molecule has 2 aliphatic rings. The first kappa shape index (κ1) is 18.1. The molecule has 0 atom stereocenters. The van der Waals surface area contributed by atoms with E-state index in [9.17, 15) is 0 Å². The zero-order chi connectivity index (χ0) is 20.6. The third kappa shape index (κ3) is 3.42. The van der Waals surface area contributed by atoms with Crippen LogP contribution in [0.2, 0.25) is 0 Å². The van der Waals surface area contributed by atoms with Crippen LogP contribution >= 0.6 is 0 Å². The summed E-state index contributed by atoms with van der Waals surface area (Å²) in [5.74, 6) is 1.75. The largest absolute Gasteiger partial charge is 0.357 e. The molecule has 0 spiro atoms. The molecule has 1 aromatic carbocycles. The van der Waals surface area contributed by atoms with Crippen molar-refractivity contribution in [3.63, 3.8) is 0 Å². The smallest absolute Gasteiger partial charge is 0.180 e. The second-order valence-electron chi connectivity index (χ2n) is 8.07. The van der Waals surface area contributed by atoms with Crippen LogP contribution in [0, 0.1) is 0 Å². The van der Waals surface area contributed by atoms with E-state index in [4.69, 9.17) is 4.98 Å². The highest BCUT2D eigenvalue weighted by Gasteiger charge is 2.14. The summed E-state index contributed by atoms with van der Waals surface area (Å²) in [6.07, 6.45) is 14.3. The van der Waals surface area contributed by atoms with E-state index in [1.807, 2.05) is 29.2 Å². The van der Waals surface area contributed by atoms with Crippen LogP contribution < -0.4 is 10.2 Å². The number of hydrogen-bond donors (Lipinski definition) is 1. The Balaban J connectivity index is 1.32. The molecule has 0 unspecified atom stereocenters. The number of rotatable bonds is 4. The SMILES string of the molecule is C1=Nc2ccc(-c3cn4ccnc4c(Nc4ccc(N5CCCCC5)nc4)n3)cc2C1. The van der Waals surface area contributed by atoms with E-state index in [-0.39, 0.29) is 0 Å². The fourth-order valence-electron chi connectivity index (χ4n) is 4.34. The van der Waals surface area contributed by atoms with Crippen molar-refractivity contribution in [3.05, 3.63) is 60.7 Å². The number of anilines is 3. The monoisotopic (exact) mass is 409 g/mol. The number of nitrogens with zero attached hydrogens (tertiary/aromatic N) is 6. The predicted molar refractivity (Wildman–Crippen MR) is 124 cm³/mol. The average molecular weight is 409 g/mol. The second-order valence-corrected chi connectivity index (χ2v) is 8.07. The van der Waals surface area contributed by atoms with Gasteiger partial charge in [-0.15, -0.1) is 0 Å². The molecule has 0 aliphatic carbocycles. The molecule has 6 rings (SSSR count). The zero-order valence-electron chi connectivity index (χ0n) is 17.2. The molecule has 1 N–H and O–H groups in total. The Morgan fingerprint density at radius 2 is 1.90 bits per heavy atom. The first-order valence-corrected chi connectivity index (χ1v) is 10.8. The number of piperidine rings is 1. The van der Waals surface area contributed by atoms with Gasteiger partial charge in [-0.3, -0.25) is 4.99 Å². The second kappa shape index (κ2) is 7.50. The Bertz CT molecular complexity index is 1270. The van der Waals surface area contributed by atoms with Gasteiger partial charge in [0.25, 0.3) is 0 Å². The Hall–Kier alpha value is -3.74. The molecule has 1 fully saturated rings. The summed E-state index contributed by atoms with van der Waals surface area (Å²) >= 11 is 0. The van der Waals surface area contributed by atoms with Crippen LogP contribution in [0.3, 0.4) is 0 Å². The maximum Gasteiger partial charge on any atom is 0.180 e. The van der Waals surface area contributed by atoms with Crippen LogP contribution in [-0.2, 0) is 6.42 Å². The lowest BCUT2D eigenvalue weighted by molar-refractivity contribution is 0.573. The van der Waals surface area contributed by atoms with Crippen LogP contribution in [0.5, 0.6) is 0 Å². The summed E-state index contributed by atoms with van der Waals surface area (Å²) in [6, 6.07) is 10.5. The van der Waals surface area contributed by atoms with Crippen LogP contribution in [0.4, 0.5) is 23.0 Å². The molecule has 1 saturated heterocycles. The van der Waals surface area contributed by atoms with Crippen molar-refractivity contribution < 1.29 is 0 Å². The van der Waals surface area contributed by atoms with Crippen LogP contribution in [0.15, 0.2) is 60.1 Å². The van der Waals surface area contributed by atoms with Crippen molar-refractivity contribution in [2.75, 3.05) is 23.3 Å². The minimum Gasteiger partial charge on any atom is -0.357 e. The van der Waals surface area contributed by atoms with Crippen molar-refractivity contribution in [2.45, 2.75) is 25.7 Å². The van der Waals surface area contributed by atoms with Gasteiger partial charge in [-0.05, 0) is 49.1 Å². The van der Waals surface area contributed by atoms with Gasteiger partial charge in [0, 0.05) is 49.9 Å². The summed E-state index contributed by atoms with van der Waals surface area (Å²) in [7, 11) is 0. The van der Waals surface area contributed by atoms with Crippen LogP contribution in [0.1, 0.15) is 24.8 Å². The number of imidazole rings is 1. The molecule has 0 radical (unpaired) electrons. The van der Waals surface area contributed by atoms with Crippen molar-refractivity contribution in [1.82, 2.24) is 19.4 Å². The van der Waals surface area contributed by atoms with E-state index >= 15 is 0 Å². The molecule has 154 valence electrons. The third-order valence-corrected chi connectivity index (χ3v) is 5.98. The highest BCUT2D eigenvalue weighted by atomic mass is 15.2. The van der Waals surface area contributed by atoms with Gasteiger partial charge in [0.1, 0.15) is 5.82 Å². The predicted octanol–water partition coefficient (Wildman–Crippen LogP) is 4.78. The first-order valence-electron chi connectivity index (χ1n) is 10.8. The number of hydrogen-bond acceptors (Lipinski definition) is 6. The quantitative estimate of drug-likeness (QED) is 0.525. The molecule has 31 heavy (non-hydrogen) atoms. The molecular formula is C24H23N7. The summed E-state index contributed by atoms with van der Waals surface area (Å²) in [4.78, 5) is 20.8. The molecule has 7 nitrogen and oxygen atoms in total. The summed E-state index contributed by atoms with van der Waals surface area (Å²) in [6.45, 7) is 2.17. The topological polar surface area (TPSA) is 70.7 Å². The maximum atomic E-state index is 4.90. The van der Waals surface area contributed by atoms with Crippen molar-refractivity contribution in [1.29, 1.82) is 0 Å². The van der Waals surface area contributed by atoms with E-state index in [0.717, 1.165) is 53.6 Å². The lowest BCUT2D eigenvalue weighted by atomic mass is 10.1. The molecule has 0 bridgehead atoms. The fraction of sp³-hybridized carbons (Fsp3) is 0.250. The Labute approximate surface area is 180 Å². The lowest BCUT2D eigenvalue weighted by Crippen LogP contribution is -2.29. The van der Waals surface area contributed by atoms with E-state index in [2.05, 4.69) is 55.5 Å². The van der Waals surface area contributed by atoms with Gasteiger partial charge in [-0.25, -0.2) is 15.0 Å². The molecule has 7 heteroatoms. The number of pyridine rings is 1. The molecule has 2 aliphatic heterocycles. The van der Waals surface area contributed by atoms with Gasteiger partial charge in [0.2, 0.25) is 0 Å². The molecule has 0 saturated carbocycles. The summed E-state index contributed by atoms with van der Waals surface area (Å²) < 4.78 is 2.00. The summed E-state index contributed by atoms with van der Waals surface area (Å²) in [5.41, 5.74) is 5.93. The Morgan fingerprint density at radius 3 is 2.77 bits per heavy atom. The minimum absolute atomic E-state index is 0.715. The number of nitrogens with one attached hydrogen (secondary N) is 1.